The maximum Gasteiger partial charge on any atom is 0.341 e. The number of pyridine rings is 1. The maximum atomic E-state index is 14.9. The van der Waals surface area contributed by atoms with Crippen LogP contribution in [-0.4, -0.2) is 209 Å². The van der Waals surface area contributed by atoms with Gasteiger partial charge in [0.05, 0.1) is 92.2 Å². The van der Waals surface area contributed by atoms with Crippen molar-refractivity contribution >= 4 is 34.5 Å². The van der Waals surface area contributed by atoms with Crippen molar-refractivity contribution in [2.24, 2.45) is 28.8 Å². The fraction of sp³-hybridized carbons (Fsp3) is 0.803. The molecule has 4 heterocycles. The number of oxime groups is 1. The van der Waals surface area contributed by atoms with Gasteiger partial charge in [0.1, 0.15) is 41.3 Å². The number of carbonyl (C=O) groups is 3. The molecule has 5 aliphatic rings. The second-order valence-electron chi connectivity index (χ2n) is 27.1. The number of esters is 2. The van der Waals surface area contributed by atoms with E-state index in [0.29, 0.717) is 41.6 Å². The molecule has 2 saturated carbocycles. The lowest BCUT2D eigenvalue weighted by molar-refractivity contribution is -0.318. The number of hydrogen-bond acceptors (Lipinski definition) is 22. The van der Waals surface area contributed by atoms with Crippen molar-refractivity contribution < 1.29 is 96.9 Å². The lowest BCUT2D eigenvalue weighted by atomic mass is 9.73. The van der Waals surface area contributed by atoms with Crippen LogP contribution in [0.4, 0.5) is 0 Å². The van der Waals surface area contributed by atoms with Crippen LogP contribution in [0, 0.1) is 23.7 Å². The van der Waals surface area contributed by atoms with Crippen molar-refractivity contribution in [2.45, 2.75) is 262 Å². The smallest absolute Gasteiger partial charge is 0.341 e. The number of ether oxygens (including phenoxy) is 11. The van der Waals surface area contributed by atoms with Crippen LogP contribution < -0.4 is 10.2 Å². The molecule has 1 aromatic carbocycles. The van der Waals surface area contributed by atoms with E-state index in [1.54, 1.807) is 66.7 Å². The number of likely N-dealkylation sites (N-methyl/N-ethyl adjacent to an activating group) is 1. The third-order valence-corrected chi connectivity index (χ3v) is 19.0. The molecular formula is C66H105N3O21. The highest BCUT2D eigenvalue weighted by Gasteiger charge is 2.55. The lowest BCUT2D eigenvalue weighted by Crippen LogP contribution is -2.61. The van der Waals surface area contributed by atoms with Crippen molar-refractivity contribution in [1.82, 2.24) is 9.47 Å². The van der Waals surface area contributed by atoms with Crippen LogP contribution in [0.5, 0.6) is 5.75 Å². The first-order valence-electron chi connectivity index (χ1n) is 32.6. The second-order valence-corrected chi connectivity index (χ2v) is 27.1. The molecular weight excluding hydrogens is 1170 g/mol. The molecule has 0 bridgehead atoms. The number of aromatic nitrogens is 1. The molecule has 3 saturated heterocycles. The van der Waals surface area contributed by atoms with Crippen LogP contribution >= 0.6 is 0 Å². The Hall–Kier alpha value is -4.41. The Morgan fingerprint density at radius 2 is 1.53 bits per heavy atom. The highest BCUT2D eigenvalue weighted by Crippen LogP contribution is 2.43. The number of fused-ring (bicyclic) bond motifs is 1. The molecule has 510 valence electrons. The number of carbonyl (C=O) groups excluding carboxylic acids is 2. The summed E-state index contributed by atoms with van der Waals surface area (Å²) in [5.74, 6) is -6.84. The average Bonchev–Trinajstić information content (AvgIpc) is 1.89. The lowest BCUT2D eigenvalue weighted by Gasteiger charge is -2.49. The number of rotatable bonds is 24. The van der Waals surface area contributed by atoms with Crippen LogP contribution in [0.3, 0.4) is 0 Å². The topological polar surface area (TPSA) is 301 Å². The molecule has 5 N–H and O–H groups in total. The summed E-state index contributed by atoms with van der Waals surface area (Å²) >= 11 is 0. The van der Waals surface area contributed by atoms with E-state index in [-0.39, 0.29) is 88.6 Å². The monoisotopic (exact) mass is 1280 g/mol. The molecule has 7 rings (SSSR count). The Morgan fingerprint density at radius 1 is 0.867 bits per heavy atom. The zero-order chi connectivity index (χ0) is 66.2. The SMILES string of the molecule is CC[C@H]1OC(=O)[C@H](C)[C@@H](OC2C[C@@](C)(OC)[C@@H](OC(=O)CCOCCOCCOc3ccc4c(=O)c(C(=O)O)cn(C5CC5)c4c3)[C@H](C)O2)[C@H](C)[C@@H](OC2O[C@H](C)C[C@H](N(C)C)[C@H]2O)[C@](C)(O)C[C@@H](C)C(=NOC2(OC(C)C)CCCCC2)[C@H](C)[C@@H](O)[C@]1(C)O. The van der Waals surface area contributed by atoms with Crippen LogP contribution in [0.1, 0.15) is 177 Å². The minimum atomic E-state index is -2.03. The van der Waals surface area contributed by atoms with Gasteiger partial charge >= 0.3 is 17.9 Å². The summed E-state index contributed by atoms with van der Waals surface area (Å²) in [6.45, 7) is 21.8. The summed E-state index contributed by atoms with van der Waals surface area (Å²) in [5, 5.41) is 64.7. The van der Waals surface area contributed by atoms with Crippen molar-refractivity contribution in [3.05, 3.63) is 40.2 Å². The van der Waals surface area contributed by atoms with Crippen molar-refractivity contribution in [2.75, 3.05) is 54.2 Å². The van der Waals surface area contributed by atoms with E-state index in [1.807, 2.05) is 51.3 Å². The Labute approximate surface area is 530 Å². The highest BCUT2D eigenvalue weighted by atomic mass is 16.8. The van der Waals surface area contributed by atoms with Crippen LogP contribution in [-0.2, 0) is 61.8 Å². The first-order valence-corrected chi connectivity index (χ1v) is 32.6. The van der Waals surface area contributed by atoms with Gasteiger partial charge in [-0.1, -0.05) is 39.3 Å². The first kappa shape index (κ1) is 73.0. The summed E-state index contributed by atoms with van der Waals surface area (Å²) < 4.78 is 70.9. The Bertz CT molecular complexity index is 2780. The van der Waals surface area contributed by atoms with E-state index in [9.17, 15) is 44.7 Å². The van der Waals surface area contributed by atoms with Gasteiger partial charge < -0.3 is 91.9 Å². The van der Waals surface area contributed by atoms with Gasteiger partial charge in [-0.05, 0) is 127 Å². The zero-order valence-electron chi connectivity index (χ0n) is 55.8. The van der Waals surface area contributed by atoms with Crippen molar-refractivity contribution in [3.8, 4) is 5.75 Å². The number of methoxy groups -OCH3 is 1. The quantitative estimate of drug-likeness (QED) is 0.0304. The molecule has 2 aromatic rings. The number of aliphatic hydroxyl groups is 4. The molecule has 3 aliphatic heterocycles. The van der Waals surface area contributed by atoms with E-state index in [1.165, 1.54) is 20.2 Å². The van der Waals surface area contributed by atoms with E-state index in [2.05, 4.69) is 0 Å². The van der Waals surface area contributed by atoms with E-state index < -0.39 is 125 Å². The van der Waals surface area contributed by atoms with Crippen LogP contribution in [0.25, 0.3) is 10.9 Å². The predicted octanol–water partition coefficient (Wildman–Crippen LogP) is 7.08. The van der Waals surface area contributed by atoms with Crippen molar-refractivity contribution in [3.63, 3.8) is 0 Å². The van der Waals surface area contributed by atoms with Gasteiger partial charge in [0.15, 0.2) is 18.7 Å². The third-order valence-electron chi connectivity index (χ3n) is 19.0. The van der Waals surface area contributed by atoms with Gasteiger partial charge in [0.2, 0.25) is 11.2 Å². The number of carboxylic acid groups (broad SMARTS) is 1. The number of benzene rings is 1. The van der Waals surface area contributed by atoms with E-state index in [4.69, 9.17) is 62.1 Å². The van der Waals surface area contributed by atoms with Gasteiger partial charge in [-0.2, -0.15) is 0 Å². The van der Waals surface area contributed by atoms with Gasteiger partial charge in [-0.15, -0.1) is 0 Å². The molecule has 2 unspecified atom stereocenters. The van der Waals surface area contributed by atoms with Gasteiger partial charge in [0.25, 0.3) is 0 Å². The fourth-order valence-corrected chi connectivity index (χ4v) is 13.8. The normalized spacial score (nSPS) is 36.1. The van der Waals surface area contributed by atoms with Crippen LogP contribution in [0.15, 0.2) is 34.3 Å². The first-order chi connectivity index (χ1) is 42.4. The molecule has 0 spiro atoms. The Kier molecular flexibility index (Phi) is 25.3. The molecule has 5 fully saturated rings. The summed E-state index contributed by atoms with van der Waals surface area (Å²) in [7, 11) is 5.21. The summed E-state index contributed by atoms with van der Waals surface area (Å²) in [4.78, 5) is 61.4. The predicted molar refractivity (Wildman–Crippen MR) is 331 cm³/mol. The molecule has 18 atom stereocenters. The fourth-order valence-electron chi connectivity index (χ4n) is 13.8. The minimum Gasteiger partial charge on any atom is -0.491 e. The van der Waals surface area contributed by atoms with Gasteiger partial charge in [-0.25, -0.2) is 4.79 Å². The molecule has 0 amide bonds. The largest absolute Gasteiger partial charge is 0.491 e. The van der Waals surface area contributed by atoms with E-state index in [0.717, 1.165) is 32.1 Å². The average molecular weight is 1280 g/mol. The molecule has 2 aliphatic carbocycles. The third kappa shape index (κ3) is 17.7. The Balaban J connectivity index is 1.05. The maximum absolute atomic E-state index is 14.9. The molecule has 0 radical (unpaired) electrons. The molecule has 90 heavy (non-hydrogen) atoms. The number of aliphatic hydroxyl groups excluding tert-OH is 2. The molecule has 24 heteroatoms. The molecule has 1 aromatic heterocycles. The number of nitrogens with zero attached hydrogens (tertiary/aromatic N) is 3. The number of aromatic carboxylic acids is 1. The summed E-state index contributed by atoms with van der Waals surface area (Å²) in [6, 6.07) is 4.69. The number of carboxylic acids is 1. The number of cyclic esters (lactones) is 1. The standard InChI is InChI=1S/C66H105N3O21/c1-16-50-65(12,78)57(73)40(6)53(67-90-66(89-37(2)3)25-18-17-19-26-66)38(4)34-63(10,77)58(88-62-55(72)49(68(13)14)32-39(5)83-62)41(7)56(42(8)61(76)85-50)87-52-35-64(11,79-15)59(43(9)84-52)86-51(70)24-27-80-28-29-81-30-31-82-45-22-23-46-48(33-45)69(44-20-21-44)36-47(54(46)71)60(74)75/h22-23,33,36-44,49-50,52,55-59,62,72-73,77-78H,16-21,24-32,34-35H2,1-15H3,(H,74,75)/t38-,39-,40+,41+,42-,43+,49+,50-,52?,55-,56+,57-,58-,59+,62?,63-,64-,65-/m1/s1. The zero-order valence-corrected chi connectivity index (χ0v) is 55.8. The number of hydrogen-bond donors (Lipinski definition) is 5. The van der Waals surface area contributed by atoms with E-state index >= 15 is 0 Å². The highest BCUT2D eigenvalue weighted by molar-refractivity contribution is 5.93. The Morgan fingerprint density at radius 3 is 2.16 bits per heavy atom. The van der Waals surface area contributed by atoms with Crippen molar-refractivity contribution in [1.29, 1.82) is 0 Å². The second kappa shape index (κ2) is 31.2. The minimum absolute atomic E-state index is 0.00595. The summed E-state index contributed by atoms with van der Waals surface area (Å²) in [6.07, 6.45) is -3.62. The summed E-state index contributed by atoms with van der Waals surface area (Å²) in [5.41, 5.74) is -4.97. The van der Waals surface area contributed by atoms with Gasteiger partial charge in [0, 0.05) is 73.9 Å². The molecule has 24 nitrogen and oxygen atoms in total. The van der Waals surface area contributed by atoms with Gasteiger partial charge in [-0.3, -0.25) is 14.4 Å². The van der Waals surface area contributed by atoms with Crippen LogP contribution in [0.2, 0.25) is 0 Å².